The number of hydrogen-bond acceptors (Lipinski definition) is 3. The molecule has 0 saturated heterocycles. The zero-order valence-electron chi connectivity index (χ0n) is 11.7. The monoisotopic (exact) mass is 258 g/mol. The zero-order valence-corrected chi connectivity index (χ0v) is 11.7. The Morgan fingerprint density at radius 1 is 1.21 bits per heavy atom. The van der Waals surface area contributed by atoms with Crippen LogP contribution in [0.5, 0.6) is 0 Å². The summed E-state index contributed by atoms with van der Waals surface area (Å²) in [5, 5.41) is 6.47. The highest BCUT2D eigenvalue weighted by Crippen LogP contribution is 2.23. The fourth-order valence-corrected chi connectivity index (χ4v) is 1.72. The summed E-state index contributed by atoms with van der Waals surface area (Å²) in [7, 11) is 0. The van der Waals surface area contributed by atoms with E-state index in [0.717, 1.165) is 5.69 Å². The molecule has 0 unspecified atom stereocenters. The normalized spacial score (nSPS) is 11.4. The lowest BCUT2D eigenvalue weighted by Crippen LogP contribution is -2.13. The number of benzene rings is 1. The smallest absolute Gasteiger partial charge is 0.277 e. The molecule has 0 bridgehead atoms. The predicted octanol–water partition coefficient (Wildman–Crippen LogP) is 3.53. The Bertz CT molecular complexity index is 577. The quantitative estimate of drug-likeness (QED) is 0.896. The van der Waals surface area contributed by atoms with Gasteiger partial charge in [0.2, 0.25) is 0 Å². The van der Waals surface area contributed by atoms with Gasteiger partial charge in [-0.2, -0.15) is 0 Å². The van der Waals surface area contributed by atoms with E-state index in [2.05, 4.69) is 31.2 Å². The highest BCUT2D eigenvalue weighted by molar-refractivity contribution is 6.02. The summed E-state index contributed by atoms with van der Waals surface area (Å²) in [4.78, 5) is 11.9. The maximum atomic E-state index is 11.9. The summed E-state index contributed by atoms with van der Waals surface area (Å²) in [6, 6.07) is 9.43. The minimum atomic E-state index is -0.264. The standard InChI is InChI=1S/C15H18N2O2/c1-10-9-13(17-19-10)14(18)16-12-7-5-11(6-8-12)15(2,3)4/h5-9H,1-4H3,(H,16,18). The molecule has 1 N–H and O–H groups in total. The third kappa shape index (κ3) is 3.22. The molecule has 1 heterocycles. The predicted molar refractivity (Wildman–Crippen MR) is 74.3 cm³/mol. The van der Waals surface area contributed by atoms with Crippen LogP contribution in [-0.2, 0) is 5.41 Å². The molecule has 0 aliphatic rings. The average Bonchev–Trinajstić information content (AvgIpc) is 2.75. The first kappa shape index (κ1) is 13.3. The zero-order chi connectivity index (χ0) is 14.0. The van der Waals surface area contributed by atoms with Crippen molar-refractivity contribution in [3.8, 4) is 0 Å². The molecule has 2 aromatic rings. The van der Waals surface area contributed by atoms with E-state index < -0.39 is 0 Å². The van der Waals surface area contributed by atoms with E-state index in [-0.39, 0.29) is 17.0 Å². The van der Waals surface area contributed by atoms with E-state index in [1.807, 2.05) is 24.3 Å². The maximum absolute atomic E-state index is 11.9. The van der Waals surface area contributed by atoms with Crippen LogP contribution in [0.25, 0.3) is 0 Å². The lowest BCUT2D eigenvalue weighted by atomic mass is 9.87. The van der Waals surface area contributed by atoms with Gasteiger partial charge in [0, 0.05) is 11.8 Å². The van der Waals surface area contributed by atoms with E-state index in [1.165, 1.54) is 5.56 Å². The molecule has 1 amide bonds. The molecule has 0 saturated carbocycles. The molecular formula is C15H18N2O2. The number of nitrogens with zero attached hydrogens (tertiary/aromatic N) is 1. The number of nitrogens with one attached hydrogen (secondary N) is 1. The Morgan fingerprint density at radius 2 is 1.84 bits per heavy atom. The van der Waals surface area contributed by atoms with Crippen molar-refractivity contribution < 1.29 is 9.32 Å². The van der Waals surface area contributed by atoms with Gasteiger partial charge in [0.05, 0.1) is 0 Å². The van der Waals surface area contributed by atoms with Gasteiger partial charge in [-0.1, -0.05) is 38.1 Å². The SMILES string of the molecule is Cc1cc(C(=O)Nc2ccc(C(C)(C)C)cc2)no1. The number of aromatic nitrogens is 1. The average molecular weight is 258 g/mol. The van der Waals surface area contributed by atoms with Gasteiger partial charge >= 0.3 is 0 Å². The van der Waals surface area contributed by atoms with Crippen LogP contribution in [0.1, 0.15) is 42.6 Å². The molecule has 4 heteroatoms. The van der Waals surface area contributed by atoms with E-state index in [0.29, 0.717) is 5.76 Å². The molecular weight excluding hydrogens is 240 g/mol. The van der Waals surface area contributed by atoms with Gasteiger partial charge in [-0.3, -0.25) is 4.79 Å². The molecule has 4 nitrogen and oxygen atoms in total. The summed E-state index contributed by atoms with van der Waals surface area (Å²) in [5.41, 5.74) is 2.37. The molecule has 2 rings (SSSR count). The van der Waals surface area contributed by atoms with Gasteiger partial charge in [-0.15, -0.1) is 0 Å². The minimum absolute atomic E-state index is 0.103. The van der Waals surface area contributed by atoms with Gasteiger partial charge in [0.1, 0.15) is 5.76 Å². The van der Waals surface area contributed by atoms with E-state index >= 15 is 0 Å². The van der Waals surface area contributed by atoms with Crippen molar-refractivity contribution in [2.24, 2.45) is 0 Å². The van der Waals surface area contributed by atoms with E-state index in [1.54, 1.807) is 13.0 Å². The van der Waals surface area contributed by atoms with Crippen molar-refractivity contribution in [1.29, 1.82) is 0 Å². The summed E-state index contributed by atoms with van der Waals surface area (Å²) < 4.78 is 4.88. The maximum Gasteiger partial charge on any atom is 0.277 e. The van der Waals surface area contributed by atoms with Gasteiger partial charge in [-0.25, -0.2) is 0 Å². The molecule has 100 valence electrons. The molecule has 0 fully saturated rings. The Morgan fingerprint density at radius 3 is 2.32 bits per heavy atom. The lowest BCUT2D eigenvalue weighted by Gasteiger charge is -2.19. The van der Waals surface area contributed by atoms with Crippen LogP contribution in [0, 0.1) is 6.92 Å². The first-order valence-corrected chi connectivity index (χ1v) is 6.21. The van der Waals surface area contributed by atoms with Gasteiger partial charge in [0.15, 0.2) is 5.69 Å². The van der Waals surface area contributed by atoms with Crippen LogP contribution in [0.15, 0.2) is 34.9 Å². The first-order chi connectivity index (χ1) is 8.86. The largest absolute Gasteiger partial charge is 0.361 e. The molecule has 0 aliphatic heterocycles. The molecule has 0 aliphatic carbocycles. The number of rotatable bonds is 2. The van der Waals surface area contributed by atoms with Gasteiger partial charge in [0.25, 0.3) is 5.91 Å². The Balaban J connectivity index is 2.10. The van der Waals surface area contributed by atoms with Crippen molar-refractivity contribution in [2.45, 2.75) is 33.1 Å². The molecule has 19 heavy (non-hydrogen) atoms. The fraction of sp³-hybridized carbons (Fsp3) is 0.333. The number of carbonyl (C=O) groups excluding carboxylic acids is 1. The highest BCUT2D eigenvalue weighted by atomic mass is 16.5. The highest BCUT2D eigenvalue weighted by Gasteiger charge is 2.14. The number of carbonyl (C=O) groups is 1. The summed E-state index contributed by atoms with van der Waals surface area (Å²) in [5.74, 6) is 0.355. The number of hydrogen-bond donors (Lipinski definition) is 1. The van der Waals surface area contributed by atoms with Gasteiger partial charge < -0.3 is 9.84 Å². The van der Waals surface area contributed by atoms with Crippen LogP contribution in [0.2, 0.25) is 0 Å². The number of aryl methyl sites for hydroxylation is 1. The second kappa shape index (κ2) is 4.88. The number of anilines is 1. The molecule has 1 aromatic carbocycles. The minimum Gasteiger partial charge on any atom is -0.361 e. The lowest BCUT2D eigenvalue weighted by molar-refractivity contribution is 0.101. The van der Waals surface area contributed by atoms with Crippen LogP contribution < -0.4 is 5.32 Å². The van der Waals surface area contributed by atoms with Crippen molar-refractivity contribution >= 4 is 11.6 Å². The second-order valence-electron chi connectivity index (χ2n) is 5.60. The first-order valence-electron chi connectivity index (χ1n) is 6.21. The molecule has 1 aromatic heterocycles. The second-order valence-corrected chi connectivity index (χ2v) is 5.60. The summed E-state index contributed by atoms with van der Waals surface area (Å²) in [6.07, 6.45) is 0. The third-order valence-corrected chi connectivity index (χ3v) is 2.87. The van der Waals surface area contributed by atoms with Crippen LogP contribution in [0.3, 0.4) is 0 Å². The summed E-state index contributed by atoms with van der Waals surface area (Å²) in [6.45, 7) is 8.21. The molecule has 0 radical (unpaired) electrons. The van der Waals surface area contributed by atoms with Gasteiger partial charge in [-0.05, 0) is 30.0 Å². The topological polar surface area (TPSA) is 55.1 Å². The van der Waals surface area contributed by atoms with Crippen LogP contribution >= 0.6 is 0 Å². The third-order valence-electron chi connectivity index (χ3n) is 2.87. The summed E-state index contributed by atoms with van der Waals surface area (Å²) >= 11 is 0. The van der Waals surface area contributed by atoms with Crippen molar-refractivity contribution in [1.82, 2.24) is 5.16 Å². The Labute approximate surface area is 112 Å². The van der Waals surface area contributed by atoms with Crippen molar-refractivity contribution in [3.63, 3.8) is 0 Å². The van der Waals surface area contributed by atoms with E-state index in [9.17, 15) is 4.79 Å². The van der Waals surface area contributed by atoms with Crippen molar-refractivity contribution in [2.75, 3.05) is 5.32 Å². The van der Waals surface area contributed by atoms with Crippen LogP contribution in [-0.4, -0.2) is 11.1 Å². The Hall–Kier alpha value is -2.10. The molecule has 0 atom stereocenters. The van der Waals surface area contributed by atoms with Crippen LogP contribution in [0.4, 0.5) is 5.69 Å². The van der Waals surface area contributed by atoms with Crippen molar-refractivity contribution in [3.05, 3.63) is 47.3 Å². The Kier molecular flexibility index (Phi) is 3.42. The number of amides is 1. The van der Waals surface area contributed by atoms with E-state index in [4.69, 9.17) is 4.52 Å². The fourth-order valence-electron chi connectivity index (χ4n) is 1.72. The molecule has 0 spiro atoms.